The molecule has 6 nitrogen and oxygen atoms in total. The zero-order valence-corrected chi connectivity index (χ0v) is 17.0. The maximum absolute atomic E-state index is 12.7. The van der Waals surface area contributed by atoms with Gasteiger partial charge >= 0.3 is 0 Å². The number of rotatable bonds is 4. The van der Waals surface area contributed by atoms with Gasteiger partial charge in [-0.1, -0.05) is 19.9 Å². The number of nitrogens with zero attached hydrogens (tertiary/aromatic N) is 2. The fourth-order valence-electron chi connectivity index (χ4n) is 4.48. The van der Waals surface area contributed by atoms with Crippen LogP contribution in [0.1, 0.15) is 44.0 Å². The lowest BCUT2D eigenvalue weighted by Crippen LogP contribution is -2.32. The minimum absolute atomic E-state index is 0.0522. The molecule has 1 aliphatic heterocycles. The number of fused-ring (bicyclic) bond motifs is 1. The van der Waals surface area contributed by atoms with E-state index < -0.39 is 5.91 Å². The summed E-state index contributed by atoms with van der Waals surface area (Å²) in [5.41, 5.74) is 9.25. The molecule has 1 fully saturated rings. The number of anilines is 3. The van der Waals surface area contributed by atoms with Crippen LogP contribution in [0, 0.1) is 11.3 Å². The lowest BCUT2D eigenvalue weighted by Gasteiger charge is -2.33. The molecule has 0 spiro atoms. The van der Waals surface area contributed by atoms with Gasteiger partial charge in [-0.3, -0.25) is 14.6 Å². The number of nitrogens with one attached hydrogen (secondary N) is 1. The third-order valence-electron chi connectivity index (χ3n) is 5.70. The topological polar surface area (TPSA) is 88.3 Å². The summed E-state index contributed by atoms with van der Waals surface area (Å²) in [6.45, 7) is 6.33. The maximum atomic E-state index is 12.7. The van der Waals surface area contributed by atoms with Gasteiger partial charge in [0.1, 0.15) is 5.78 Å². The van der Waals surface area contributed by atoms with E-state index in [0.717, 1.165) is 23.5 Å². The molecule has 29 heavy (non-hydrogen) atoms. The van der Waals surface area contributed by atoms with Gasteiger partial charge in [0.15, 0.2) is 0 Å². The summed E-state index contributed by atoms with van der Waals surface area (Å²) in [4.78, 5) is 31.0. The van der Waals surface area contributed by atoms with Crippen LogP contribution in [0.5, 0.6) is 0 Å². The van der Waals surface area contributed by atoms with E-state index in [4.69, 9.17) is 5.73 Å². The van der Waals surface area contributed by atoms with Gasteiger partial charge in [-0.2, -0.15) is 0 Å². The van der Waals surface area contributed by atoms with Gasteiger partial charge in [-0.25, -0.2) is 0 Å². The molecule has 0 bridgehead atoms. The normalized spacial score (nSPS) is 22.8. The van der Waals surface area contributed by atoms with Gasteiger partial charge in [0.2, 0.25) is 0 Å². The second-order valence-corrected chi connectivity index (χ2v) is 8.67. The smallest absolute Gasteiger partial charge is 0.250 e. The first-order valence-corrected chi connectivity index (χ1v) is 9.91. The van der Waals surface area contributed by atoms with Crippen LogP contribution in [-0.2, 0) is 4.79 Å². The Bertz CT molecular complexity index is 997. The van der Waals surface area contributed by atoms with Crippen molar-refractivity contribution in [1.29, 1.82) is 0 Å². The van der Waals surface area contributed by atoms with Crippen LogP contribution in [-0.4, -0.2) is 22.7 Å². The van der Waals surface area contributed by atoms with Crippen molar-refractivity contribution in [3.05, 3.63) is 60.1 Å². The summed E-state index contributed by atoms with van der Waals surface area (Å²) in [6, 6.07) is 9.47. The number of pyridine rings is 1. The Morgan fingerprint density at radius 3 is 2.79 bits per heavy atom. The highest BCUT2D eigenvalue weighted by Gasteiger charge is 2.43. The van der Waals surface area contributed by atoms with Gasteiger partial charge < -0.3 is 16.0 Å². The van der Waals surface area contributed by atoms with Crippen LogP contribution in [0.3, 0.4) is 0 Å². The monoisotopic (exact) mass is 390 g/mol. The van der Waals surface area contributed by atoms with E-state index in [0.29, 0.717) is 23.5 Å². The van der Waals surface area contributed by atoms with E-state index in [1.807, 2.05) is 24.3 Å². The number of Topliss-reactive ketones (excluding diaryl/α,β-unsaturated/α-hetero) is 1. The minimum Gasteiger partial charge on any atom is -0.366 e. The molecule has 1 amide bonds. The van der Waals surface area contributed by atoms with Gasteiger partial charge in [-0.05, 0) is 49.1 Å². The van der Waals surface area contributed by atoms with Crippen molar-refractivity contribution < 1.29 is 9.59 Å². The molecule has 2 atom stereocenters. The summed E-state index contributed by atoms with van der Waals surface area (Å²) in [7, 11) is 0. The highest BCUT2D eigenvalue weighted by Crippen LogP contribution is 2.46. The fourth-order valence-corrected chi connectivity index (χ4v) is 4.48. The third-order valence-corrected chi connectivity index (χ3v) is 5.70. The summed E-state index contributed by atoms with van der Waals surface area (Å²) < 4.78 is 0. The van der Waals surface area contributed by atoms with E-state index >= 15 is 0 Å². The molecule has 0 radical (unpaired) electrons. The Labute approximate surface area is 170 Å². The standard InChI is InChI=1S/C23H26N4O2/c1-14-9-18-20(11-23(2,3)12-21(18)28)27(14)16-6-7-17(22(24)29)19(10-16)26-15-5-4-8-25-13-15/h4-8,10-11,13-14,18,26H,9,12H2,1-3H3,(H2,24,29). The van der Waals surface area contributed by atoms with Crippen molar-refractivity contribution >= 4 is 28.8 Å². The van der Waals surface area contributed by atoms with E-state index in [2.05, 4.69) is 42.0 Å². The Morgan fingerprint density at radius 1 is 1.31 bits per heavy atom. The molecule has 3 N–H and O–H groups in total. The highest BCUT2D eigenvalue weighted by molar-refractivity contribution is 6.00. The van der Waals surface area contributed by atoms with Crippen molar-refractivity contribution in [2.24, 2.45) is 17.1 Å². The molecule has 1 saturated heterocycles. The van der Waals surface area contributed by atoms with Crippen LogP contribution in [0.4, 0.5) is 17.1 Å². The quantitative estimate of drug-likeness (QED) is 0.823. The molecule has 1 aromatic carbocycles. The summed E-state index contributed by atoms with van der Waals surface area (Å²) in [5, 5.41) is 3.25. The van der Waals surface area contributed by atoms with Gasteiger partial charge in [0, 0.05) is 30.0 Å². The van der Waals surface area contributed by atoms with Gasteiger partial charge in [0.05, 0.1) is 29.1 Å². The van der Waals surface area contributed by atoms with Crippen LogP contribution in [0.2, 0.25) is 0 Å². The maximum Gasteiger partial charge on any atom is 0.250 e. The zero-order chi connectivity index (χ0) is 20.8. The number of hydrogen-bond donors (Lipinski definition) is 2. The fraction of sp³-hybridized carbons (Fsp3) is 0.348. The number of carbonyl (C=O) groups is 2. The molecule has 0 saturated carbocycles. The predicted molar refractivity (Wildman–Crippen MR) is 114 cm³/mol. The molecule has 1 aromatic heterocycles. The van der Waals surface area contributed by atoms with Crippen LogP contribution < -0.4 is 16.0 Å². The van der Waals surface area contributed by atoms with Crippen molar-refractivity contribution in [2.75, 3.05) is 10.2 Å². The molecule has 2 aliphatic rings. The predicted octanol–water partition coefficient (Wildman–Crippen LogP) is 4.02. The number of amides is 1. The Kier molecular flexibility index (Phi) is 4.65. The second kappa shape index (κ2) is 7.03. The Balaban J connectivity index is 1.77. The van der Waals surface area contributed by atoms with Crippen LogP contribution in [0.25, 0.3) is 0 Å². The minimum atomic E-state index is -0.497. The van der Waals surface area contributed by atoms with E-state index in [9.17, 15) is 9.59 Å². The van der Waals surface area contributed by atoms with E-state index in [1.165, 1.54) is 0 Å². The van der Waals surface area contributed by atoms with Crippen molar-refractivity contribution in [1.82, 2.24) is 4.98 Å². The zero-order valence-electron chi connectivity index (χ0n) is 17.0. The van der Waals surface area contributed by atoms with Crippen molar-refractivity contribution in [3.63, 3.8) is 0 Å². The lowest BCUT2D eigenvalue weighted by atomic mass is 9.76. The van der Waals surface area contributed by atoms with Crippen molar-refractivity contribution in [2.45, 2.75) is 39.7 Å². The first-order chi connectivity index (χ1) is 13.7. The van der Waals surface area contributed by atoms with Crippen molar-refractivity contribution in [3.8, 4) is 0 Å². The summed E-state index contributed by atoms with van der Waals surface area (Å²) in [6.07, 6.45) is 7.01. The SMILES string of the molecule is CC1CC2C(=O)CC(C)(C)C=C2N1c1ccc(C(N)=O)c(Nc2cccnc2)c1. The summed E-state index contributed by atoms with van der Waals surface area (Å²) >= 11 is 0. The number of hydrogen-bond acceptors (Lipinski definition) is 5. The van der Waals surface area contributed by atoms with Gasteiger partial charge in [-0.15, -0.1) is 0 Å². The number of primary amides is 1. The number of allylic oxidation sites excluding steroid dienone is 2. The lowest BCUT2D eigenvalue weighted by molar-refractivity contribution is -0.123. The highest BCUT2D eigenvalue weighted by atomic mass is 16.1. The molecule has 6 heteroatoms. The Hall–Kier alpha value is -3.15. The molecule has 1 aliphatic carbocycles. The summed E-state index contributed by atoms with van der Waals surface area (Å²) in [5.74, 6) is -0.239. The van der Waals surface area contributed by atoms with Gasteiger partial charge in [0.25, 0.3) is 5.91 Å². The average Bonchev–Trinajstić information content (AvgIpc) is 2.97. The number of nitrogens with two attached hydrogens (primary N) is 1. The molecular formula is C23H26N4O2. The van der Waals surface area contributed by atoms with E-state index in [1.54, 1.807) is 18.5 Å². The number of ketones is 1. The number of carbonyl (C=O) groups excluding carboxylic acids is 2. The average molecular weight is 390 g/mol. The Morgan fingerprint density at radius 2 is 2.10 bits per heavy atom. The third kappa shape index (κ3) is 3.62. The first-order valence-electron chi connectivity index (χ1n) is 9.91. The molecule has 4 rings (SSSR count). The number of benzene rings is 1. The first kappa shape index (κ1) is 19.2. The molecule has 2 heterocycles. The molecule has 2 aromatic rings. The van der Waals surface area contributed by atoms with Crippen LogP contribution in [0.15, 0.2) is 54.5 Å². The largest absolute Gasteiger partial charge is 0.366 e. The second-order valence-electron chi connectivity index (χ2n) is 8.67. The molecule has 2 unspecified atom stereocenters. The molecule has 150 valence electrons. The number of aromatic nitrogens is 1. The van der Waals surface area contributed by atoms with E-state index in [-0.39, 0.29) is 17.4 Å². The van der Waals surface area contributed by atoms with Crippen LogP contribution >= 0.6 is 0 Å². The molecular weight excluding hydrogens is 364 g/mol.